The largest absolute Gasteiger partial charge is 0.493 e. The fraction of sp³-hybridized carbons (Fsp3) is 0.609. The van der Waals surface area contributed by atoms with Crippen LogP contribution < -0.4 is 19.5 Å². The van der Waals surface area contributed by atoms with E-state index in [9.17, 15) is 9.59 Å². The lowest BCUT2D eigenvalue weighted by Crippen LogP contribution is -2.52. The Hall–Kier alpha value is -3.21. The lowest BCUT2D eigenvalue weighted by Gasteiger charge is -2.36. The highest BCUT2D eigenvalue weighted by atomic mass is 16.6. The summed E-state index contributed by atoms with van der Waals surface area (Å²) in [6.45, 7) is 8.37. The van der Waals surface area contributed by atoms with Gasteiger partial charge in [0, 0.05) is 45.3 Å². The number of methoxy groups -OCH3 is 3. The van der Waals surface area contributed by atoms with Crippen molar-refractivity contribution in [3.8, 4) is 17.2 Å². The van der Waals surface area contributed by atoms with Crippen molar-refractivity contribution in [2.75, 3.05) is 61.1 Å². The van der Waals surface area contributed by atoms with E-state index in [1.54, 1.807) is 54.0 Å². The molecule has 1 heterocycles. The van der Waals surface area contributed by atoms with Crippen LogP contribution in [-0.4, -0.2) is 99.4 Å². The maximum atomic E-state index is 12.7. The summed E-state index contributed by atoms with van der Waals surface area (Å²) in [5, 5.41) is 10.3. The van der Waals surface area contributed by atoms with E-state index in [0.29, 0.717) is 50.0 Å². The summed E-state index contributed by atoms with van der Waals surface area (Å²) in [6.07, 6.45) is -0.726. The van der Waals surface area contributed by atoms with E-state index in [0.717, 1.165) is 5.56 Å². The first-order valence-corrected chi connectivity index (χ1v) is 11.1. The summed E-state index contributed by atoms with van der Waals surface area (Å²) in [5.74, 6) is 1.50. The van der Waals surface area contributed by atoms with Gasteiger partial charge in [0.1, 0.15) is 5.60 Å². The zero-order valence-corrected chi connectivity index (χ0v) is 21.2. The molecule has 0 atom stereocenters. The van der Waals surface area contributed by atoms with Gasteiger partial charge < -0.3 is 28.7 Å². The van der Waals surface area contributed by atoms with Crippen LogP contribution in [0.4, 0.5) is 4.79 Å². The van der Waals surface area contributed by atoms with E-state index < -0.39 is 11.7 Å². The molecule has 11 nitrogen and oxygen atoms in total. The van der Waals surface area contributed by atoms with Crippen LogP contribution in [0.2, 0.25) is 0 Å². The molecule has 1 fully saturated rings. The maximum absolute atomic E-state index is 12.7. The SMILES string of the molecule is COc1ccc(CN2CCN(C(=O)CN(C)C(=N)NC(=O)OC(C)(C)C)CC2)c(OC)c1OC. The summed E-state index contributed by atoms with van der Waals surface area (Å²) >= 11 is 0. The average Bonchev–Trinajstić information content (AvgIpc) is 2.77. The Morgan fingerprint density at radius 3 is 2.18 bits per heavy atom. The van der Waals surface area contributed by atoms with Crippen LogP contribution in [0.1, 0.15) is 26.3 Å². The Balaban J connectivity index is 1.87. The Bertz CT molecular complexity index is 877. The number of hydrogen-bond donors (Lipinski definition) is 2. The molecule has 0 aromatic heterocycles. The van der Waals surface area contributed by atoms with Gasteiger partial charge in [-0.3, -0.25) is 20.4 Å². The van der Waals surface area contributed by atoms with Crippen molar-refractivity contribution in [3.63, 3.8) is 0 Å². The van der Waals surface area contributed by atoms with Crippen LogP contribution in [0.25, 0.3) is 0 Å². The van der Waals surface area contributed by atoms with Crippen LogP contribution >= 0.6 is 0 Å². The summed E-state index contributed by atoms with van der Waals surface area (Å²) < 4.78 is 21.5. The predicted octanol–water partition coefficient (Wildman–Crippen LogP) is 1.75. The standard InChI is InChI=1S/C23H37N5O6/c1-23(2,3)34-22(30)25-21(24)26(4)15-18(29)28-12-10-27(11-13-28)14-16-8-9-17(31-5)20(33-7)19(16)32-6/h8-9H,10-15H2,1-7H3,(H2,24,25,30). The van der Waals surface area contributed by atoms with Gasteiger partial charge in [-0.25, -0.2) is 4.79 Å². The predicted molar refractivity (Wildman–Crippen MR) is 128 cm³/mol. The highest BCUT2D eigenvalue weighted by Gasteiger charge is 2.25. The van der Waals surface area contributed by atoms with E-state index >= 15 is 0 Å². The van der Waals surface area contributed by atoms with Gasteiger partial charge in [0.05, 0.1) is 27.9 Å². The molecule has 1 aliphatic rings. The third-order valence-corrected chi connectivity index (χ3v) is 5.28. The van der Waals surface area contributed by atoms with Gasteiger partial charge in [0.2, 0.25) is 17.6 Å². The molecule has 34 heavy (non-hydrogen) atoms. The summed E-state index contributed by atoms with van der Waals surface area (Å²) in [6, 6.07) is 3.81. The molecule has 1 aromatic carbocycles. The number of ether oxygens (including phenoxy) is 4. The highest BCUT2D eigenvalue weighted by molar-refractivity contribution is 5.94. The van der Waals surface area contributed by atoms with Crippen molar-refractivity contribution >= 4 is 18.0 Å². The molecule has 1 saturated heterocycles. The number of benzene rings is 1. The van der Waals surface area contributed by atoms with E-state index in [4.69, 9.17) is 24.4 Å². The number of rotatable bonds is 7. The number of carbonyl (C=O) groups excluding carboxylic acids is 2. The van der Waals surface area contributed by atoms with Gasteiger partial charge in [-0.15, -0.1) is 0 Å². The minimum absolute atomic E-state index is 0.0157. The molecule has 2 rings (SSSR count). The summed E-state index contributed by atoms with van der Waals surface area (Å²) in [7, 11) is 6.34. The number of nitrogens with zero attached hydrogens (tertiary/aromatic N) is 3. The average molecular weight is 480 g/mol. The molecule has 2 N–H and O–H groups in total. The van der Waals surface area contributed by atoms with E-state index in [1.165, 1.54) is 4.90 Å². The van der Waals surface area contributed by atoms with E-state index in [2.05, 4.69) is 10.2 Å². The molecule has 0 unspecified atom stereocenters. The third-order valence-electron chi connectivity index (χ3n) is 5.28. The number of likely N-dealkylation sites (N-methyl/N-ethyl adjacent to an activating group) is 1. The first kappa shape index (κ1) is 27.0. The monoisotopic (exact) mass is 479 g/mol. The summed E-state index contributed by atoms with van der Waals surface area (Å²) in [4.78, 5) is 30.0. The third kappa shape index (κ3) is 7.41. The zero-order valence-electron chi connectivity index (χ0n) is 21.2. The van der Waals surface area contributed by atoms with Crippen molar-refractivity contribution < 1.29 is 28.5 Å². The lowest BCUT2D eigenvalue weighted by atomic mass is 10.1. The molecule has 2 amide bonds. The Morgan fingerprint density at radius 1 is 1.03 bits per heavy atom. The van der Waals surface area contributed by atoms with Crippen molar-refractivity contribution in [1.29, 1.82) is 5.41 Å². The minimum atomic E-state index is -0.726. The number of piperazine rings is 1. The number of carbonyl (C=O) groups is 2. The number of nitrogens with one attached hydrogen (secondary N) is 2. The van der Waals surface area contributed by atoms with Crippen LogP contribution in [-0.2, 0) is 16.1 Å². The zero-order chi connectivity index (χ0) is 25.5. The molecule has 0 saturated carbocycles. The molecular formula is C23H37N5O6. The lowest BCUT2D eigenvalue weighted by molar-refractivity contribution is -0.133. The van der Waals surface area contributed by atoms with E-state index in [-0.39, 0.29) is 18.4 Å². The van der Waals surface area contributed by atoms with Gasteiger partial charge in [0.25, 0.3) is 0 Å². The van der Waals surface area contributed by atoms with Gasteiger partial charge in [-0.2, -0.15) is 0 Å². The quantitative estimate of drug-likeness (QED) is 0.449. The maximum Gasteiger partial charge on any atom is 0.414 e. The molecular weight excluding hydrogens is 442 g/mol. The second-order valence-electron chi connectivity index (χ2n) is 8.98. The molecule has 0 radical (unpaired) electrons. The molecule has 0 aliphatic carbocycles. The van der Waals surface area contributed by atoms with Gasteiger partial charge in [-0.05, 0) is 26.8 Å². The Morgan fingerprint density at radius 2 is 1.65 bits per heavy atom. The topological polar surface area (TPSA) is 117 Å². The van der Waals surface area contributed by atoms with Crippen molar-refractivity contribution in [3.05, 3.63) is 17.7 Å². The Kier molecular flexibility index (Phi) is 9.36. The van der Waals surface area contributed by atoms with E-state index in [1.807, 2.05) is 12.1 Å². The normalized spacial score (nSPS) is 14.3. The van der Waals surface area contributed by atoms with Gasteiger partial charge >= 0.3 is 6.09 Å². The molecule has 0 bridgehead atoms. The number of alkyl carbamates (subject to hydrolysis) is 1. The molecule has 1 aromatic rings. The molecule has 11 heteroatoms. The first-order chi connectivity index (χ1) is 16.0. The van der Waals surface area contributed by atoms with Crippen molar-refractivity contribution in [2.45, 2.75) is 32.9 Å². The van der Waals surface area contributed by atoms with Crippen LogP contribution in [0.5, 0.6) is 17.2 Å². The highest BCUT2D eigenvalue weighted by Crippen LogP contribution is 2.40. The fourth-order valence-corrected chi connectivity index (χ4v) is 3.56. The smallest absolute Gasteiger partial charge is 0.414 e. The van der Waals surface area contributed by atoms with Crippen LogP contribution in [0.15, 0.2) is 12.1 Å². The van der Waals surface area contributed by atoms with Crippen molar-refractivity contribution in [2.24, 2.45) is 0 Å². The first-order valence-electron chi connectivity index (χ1n) is 11.1. The fourth-order valence-electron chi connectivity index (χ4n) is 3.56. The van der Waals surface area contributed by atoms with Crippen molar-refractivity contribution in [1.82, 2.24) is 20.0 Å². The number of guanidine groups is 1. The van der Waals surface area contributed by atoms with Gasteiger partial charge in [-0.1, -0.05) is 6.07 Å². The second-order valence-corrected chi connectivity index (χ2v) is 8.98. The molecule has 190 valence electrons. The Labute approximate surface area is 201 Å². The van der Waals surface area contributed by atoms with Crippen LogP contribution in [0.3, 0.4) is 0 Å². The minimum Gasteiger partial charge on any atom is -0.493 e. The summed E-state index contributed by atoms with van der Waals surface area (Å²) in [5.41, 5.74) is 0.306. The second kappa shape index (κ2) is 11.8. The molecule has 1 aliphatic heterocycles. The number of amides is 2. The molecule has 0 spiro atoms. The number of hydrogen-bond acceptors (Lipinski definition) is 8. The van der Waals surface area contributed by atoms with Crippen LogP contribution in [0, 0.1) is 5.41 Å². The van der Waals surface area contributed by atoms with Gasteiger partial charge in [0.15, 0.2) is 11.5 Å².